The van der Waals surface area contributed by atoms with Crippen molar-refractivity contribution in [3.63, 3.8) is 0 Å². The summed E-state index contributed by atoms with van der Waals surface area (Å²) in [5.74, 6) is 0.341. The molecule has 0 radical (unpaired) electrons. The van der Waals surface area contributed by atoms with Crippen LogP contribution in [0.4, 0.5) is 5.69 Å². The lowest BCUT2D eigenvalue weighted by Gasteiger charge is -2.21. The van der Waals surface area contributed by atoms with E-state index < -0.39 is 10.6 Å². The largest absolute Gasteiger partial charge is 0.498 e. The van der Waals surface area contributed by atoms with Crippen LogP contribution >= 0.6 is 0 Å². The molecule has 0 heterocycles. The van der Waals surface area contributed by atoms with Crippen molar-refractivity contribution in [2.24, 2.45) is 16.0 Å². The fourth-order valence-electron chi connectivity index (χ4n) is 1.92. The van der Waals surface area contributed by atoms with Crippen LogP contribution in [-0.2, 0) is 4.74 Å². The van der Waals surface area contributed by atoms with E-state index in [-0.39, 0.29) is 6.42 Å². The van der Waals surface area contributed by atoms with E-state index in [0.717, 1.165) is 5.56 Å². The molecule has 1 aliphatic rings. The first-order valence-electron chi connectivity index (χ1n) is 6.33. The van der Waals surface area contributed by atoms with Gasteiger partial charge in [0.25, 0.3) is 5.66 Å². The number of ether oxygens (including phenoxy) is 1. The third kappa shape index (κ3) is 3.32. The minimum absolute atomic E-state index is 0.0603. The Morgan fingerprint density at radius 3 is 2.81 bits per heavy atom. The van der Waals surface area contributed by atoms with Crippen molar-refractivity contribution >= 4 is 5.69 Å². The van der Waals surface area contributed by atoms with Gasteiger partial charge in [-0.15, -0.1) is 5.11 Å². The van der Waals surface area contributed by atoms with E-state index in [0.29, 0.717) is 17.1 Å². The van der Waals surface area contributed by atoms with Crippen molar-refractivity contribution in [3.8, 4) is 0 Å². The number of allylic oxidation sites excluding steroid dienone is 1. The summed E-state index contributed by atoms with van der Waals surface area (Å²) in [5, 5.41) is 19.2. The summed E-state index contributed by atoms with van der Waals surface area (Å²) < 4.78 is 5.15. The molecule has 7 heteroatoms. The van der Waals surface area contributed by atoms with Gasteiger partial charge >= 0.3 is 0 Å². The van der Waals surface area contributed by atoms with Gasteiger partial charge in [-0.1, -0.05) is 12.1 Å². The highest BCUT2D eigenvalue weighted by atomic mass is 16.6. The van der Waals surface area contributed by atoms with E-state index >= 15 is 0 Å². The maximum Gasteiger partial charge on any atom is 0.298 e. The SMILES string of the molecule is COC1=C(N=Nc2cccc(C)c2)C=CC(N)([N+](=O)[O-])C1. The van der Waals surface area contributed by atoms with E-state index in [9.17, 15) is 10.1 Å². The van der Waals surface area contributed by atoms with E-state index in [1.807, 2.05) is 31.2 Å². The zero-order valence-electron chi connectivity index (χ0n) is 11.8. The highest BCUT2D eigenvalue weighted by Gasteiger charge is 2.40. The molecular formula is C14H16N4O3. The van der Waals surface area contributed by atoms with E-state index in [1.165, 1.54) is 19.3 Å². The van der Waals surface area contributed by atoms with Gasteiger partial charge in [0.1, 0.15) is 11.5 Å². The highest BCUT2D eigenvalue weighted by molar-refractivity contribution is 5.39. The van der Waals surface area contributed by atoms with Gasteiger partial charge in [0, 0.05) is 11.0 Å². The molecule has 0 spiro atoms. The summed E-state index contributed by atoms with van der Waals surface area (Å²) in [6.45, 7) is 1.96. The molecule has 7 nitrogen and oxygen atoms in total. The monoisotopic (exact) mass is 288 g/mol. The molecule has 2 N–H and O–H groups in total. The smallest absolute Gasteiger partial charge is 0.298 e. The lowest BCUT2D eigenvalue weighted by Crippen LogP contribution is -2.47. The van der Waals surface area contributed by atoms with Gasteiger partial charge in [0.2, 0.25) is 0 Å². The molecule has 1 aromatic rings. The molecule has 1 aromatic carbocycles. The molecule has 0 aliphatic heterocycles. The van der Waals surface area contributed by atoms with E-state index in [4.69, 9.17) is 10.5 Å². The molecule has 0 aromatic heterocycles. The maximum atomic E-state index is 11.0. The second-order valence-corrected chi connectivity index (χ2v) is 4.81. The quantitative estimate of drug-likeness (QED) is 0.398. The van der Waals surface area contributed by atoms with Crippen molar-refractivity contribution in [2.75, 3.05) is 7.11 Å². The number of nitrogens with zero attached hydrogens (tertiary/aromatic N) is 3. The number of nitrogens with two attached hydrogens (primary N) is 1. The molecule has 0 saturated carbocycles. The van der Waals surface area contributed by atoms with Gasteiger partial charge in [0.05, 0.1) is 19.2 Å². The van der Waals surface area contributed by atoms with Gasteiger partial charge in [0.15, 0.2) is 0 Å². The second-order valence-electron chi connectivity index (χ2n) is 4.81. The van der Waals surface area contributed by atoms with Crippen molar-refractivity contribution in [2.45, 2.75) is 19.0 Å². The third-order valence-electron chi connectivity index (χ3n) is 3.12. The summed E-state index contributed by atoms with van der Waals surface area (Å²) in [6, 6.07) is 7.54. The number of aryl methyl sites for hydroxylation is 1. The first-order valence-corrected chi connectivity index (χ1v) is 6.33. The van der Waals surface area contributed by atoms with Gasteiger partial charge in [-0.05, 0) is 30.7 Å². The predicted molar refractivity (Wildman–Crippen MR) is 77.4 cm³/mol. The standard InChI is InChI=1S/C14H16N4O3/c1-10-4-3-5-11(8-10)16-17-12-6-7-14(15,18(19)20)9-13(12)21-2/h3-8H,9,15H2,1-2H3. The van der Waals surface area contributed by atoms with Crippen molar-refractivity contribution < 1.29 is 9.66 Å². The lowest BCUT2D eigenvalue weighted by molar-refractivity contribution is -0.554. The molecule has 0 fully saturated rings. The Hall–Kier alpha value is -2.54. The van der Waals surface area contributed by atoms with Crippen LogP contribution in [0.1, 0.15) is 12.0 Å². The molecule has 1 aliphatic carbocycles. The van der Waals surface area contributed by atoms with Crippen LogP contribution in [0.5, 0.6) is 0 Å². The van der Waals surface area contributed by atoms with Crippen molar-refractivity contribution in [3.05, 3.63) is 63.6 Å². The Bertz CT molecular complexity index is 651. The van der Waals surface area contributed by atoms with Gasteiger partial charge in [-0.3, -0.25) is 15.8 Å². The number of methoxy groups -OCH3 is 1. The summed E-state index contributed by atoms with van der Waals surface area (Å²) in [6.07, 6.45) is 2.71. The Kier molecular flexibility index (Phi) is 4.13. The maximum absolute atomic E-state index is 11.0. The zero-order chi connectivity index (χ0) is 15.5. The van der Waals surface area contributed by atoms with Crippen LogP contribution in [0, 0.1) is 17.0 Å². The Balaban J connectivity index is 2.25. The van der Waals surface area contributed by atoms with Crippen LogP contribution in [0.2, 0.25) is 0 Å². The topological polar surface area (TPSA) is 103 Å². The number of nitro groups is 1. The van der Waals surface area contributed by atoms with Crippen LogP contribution in [0.15, 0.2) is 58.1 Å². The summed E-state index contributed by atoms with van der Waals surface area (Å²) in [7, 11) is 1.43. The Morgan fingerprint density at radius 1 is 1.43 bits per heavy atom. The number of rotatable bonds is 4. The molecule has 0 bridgehead atoms. The van der Waals surface area contributed by atoms with Crippen LogP contribution < -0.4 is 5.73 Å². The zero-order valence-corrected chi connectivity index (χ0v) is 11.8. The van der Waals surface area contributed by atoms with Gasteiger partial charge < -0.3 is 4.74 Å². The fourth-order valence-corrected chi connectivity index (χ4v) is 1.92. The number of hydrogen-bond donors (Lipinski definition) is 1. The molecule has 1 atom stereocenters. The molecule has 0 saturated heterocycles. The Labute approximate surface area is 122 Å². The summed E-state index contributed by atoms with van der Waals surface area (Å²) in [4.78, 5) is 10.4. The molecule has 1 unspecified atom stereocenters. The number of azo groups is 1. The fraction of sp³-hybridized carbons (Fsp3) is 0.286. The van der Waals surface area contributed by atoms with Crippen LogP contribution in [0.25, 0.3) is 0 Å². The molecule has 110 valence electrons. The first-order chi connectivity index (χ1) is 9.94. The van der Waals surface area contributed by atoms with Crippen LogP contribution in [-0.4, -0.2) is 17.7 Å². The third-order valence-corrected chi connectivity index (χ3v) is 3.12. The minimum atomic E-state index is -1.66. The minimum Gasteiger partial charge on any atom is -0.498 e. The van der Waals surface area contributed by atoms with Crippen LogP contribution in [0.3, 0.4) is 0 Å². The van der Waals surface area contributed by atoms with Crippen molar-refractivity contribution in [1.82, 2.24) is 0 Å². The van der Waals surface area contributed by atoms with E-state index in [2.05, 4.69) is 10.2 Å². The van der Waals surface area contributed by atoms with Gasteiger partial charge in [-0.2, -0.15) is 5.11 Å². The average molecular weight is 288 g/mol. The summed E-state index contributed by atoms with van der Waals surface area (Å²) in [5.41, 5.74) is 6.23. The Morgan fingerprint density at radius 2 is 2.19 bits per heavy atom. The highest BCUT2D eigenvalue weighted by Crippen LogP contribution is 2.28. The lowest BCUT2D eigenvalue weighted by atomic mass is 10.00. The normalized spacial score (nSPS) is 21.9. The molecular weight excluding hydrogens is 272 g/mol. The predicted octanol–water partition coefficient (Wildman–Crippen LogP) is 2.83. The number of benzene rings is 1. The molecule has 2 rings (SSSR count). The second kappa shape index (κ2) is 5.84. The molecule has 0 amide bonds. The van der Waals surface area contributed by atoms with Gasteiger partial charge in [-0.25, -0.2) is 0 Å². The molecule has 21 heavy (non-hydrogen) atoms. The summed E-state index contributed by atoms with van der Waals surface area (Å²) >= 11 is 0. The van der Waals surface area contributed by atoms with E-state index in [1.54, 1.807) is 0 Å². The van der Waals surface area contributed by atoms with Crippen molar-refractivity contribution in [1.29, 1.82) is 0 Å². The first kappa shape index (κ1) is 14.9. The average Bonchev–Trinajstić information content (AvgIpc) is 2.46. The number of hydrogen-bond acceptors (Lipinski definition) is 6.